The molecule has 1 rings (SSSR count). The summed E-state index contributed by atoms with van der Waals surface area (Å²) in [4.78, 5) is 11.1. The average molecular weight is 156 g/mol. The Morgan fingerprint density at radius 2 is 2.27 bits per heavy atom. The first-order valence-electron chi connectivity index (χ1n) is 3.99. The minimum absolute atomic E-state index is 0.0446. The first kappa shape index (κ1) is 8.53. The van der Waals surface area contributed by atoms with Crippen LogP contribution in [0.5, 0.6) is 0 Å². The summed E-state index contributed by atoms with van der Waals surface area (Å²) in [7, 11) is 1.62. The van der Waals surface area contributed by atoms with Crippen LogP contribution in [0, 0.1) is 11.3 Å². The SMILES string of the molecule is CNC(=O)[C@@H](N)[C@]1(C)CC1C. The summed E-state index contributed by atoms with van der Waals surface area (Å²) in [5.41, 5.74) is 5.80. The molecule has 11 heavy (non-hydrogen) atoms. The number of carbonyl (C=O) groups excluding carboxylic acids is 1. The lowest BCUT2D eigenvalue weighted by Gasteiger charge is -2.17. The van der Waals surface area contributed by atoms with Crippen LogP contribution in [0.15, 0.2) is 0 Å². The van der Waals surface area contributed by atoms with Gasteiger partial charge in [-0.2, -0.15) is 0 Å². The third-order valence-corrected chi connectivity index (χ3v) is 2.95. The van der Waals surface area contributed by atoms with Crippen molar-refractivity contribution in [1.29, 1.82) is 0 Å². The van der Waals surface area contributed by atoms with Gasteiger partial charge in [-0.1, -0.05) is 13.8 Å². The van der Waals surface area contributed by atoms with E-state index in [1.54, 1.807) is 7.05 Å². The molecule has 0 heterocycles. The number of nitrogens with one attached hydrogen (secondary N) is 1. The van der Waals surface area contributed by atoms with Crippen molar-refractivity contribution in [2.45, 2.75) is 26.3 Å². The van der Waals surface area contributed by atoms with Crippen molar-refractivity contribution in [3.8, 4) is 0 Å². The number of likely N-dealkylation sites (N-methyl/N-ethyl adjacent to an activating group) is 1. The van der Waals surface area contributed by atoms with Crippen LogP contribution >= 0.6 is 0 Å². The molecule has 0 saturated heterocycles. The van der Waals surface area contributed by atoms with Gasteiger partial charge < -0.3 is 11.1 Å². The van der Waals surface area contributed by atoms with Crippen LogP contribution in [0.4, 0.5) is 0 Å². The highest BCUT2D eigenvalue weighted by molar-refractivity contribution is 5.82. The second kappa shape index (κ2) is 2.48. The van der Waals surface area contributed by atoms with Crippen molar-refractivity contribution in [3.05, 3.63) is 0 Å². The van der Waals surface area contributed by atoms with Gasteiger partial charge in [0.1, 0.15) is 0 Å². The fourth-order valence-corrected chi connectivity index (χ4v) is 1.49. The van der Waals surface area contributed by atoms with E-state index in [0.717, 1.165) is 6.42 Å². The second-order valence-corrected chi connectivity index (χ2v) is 3.70. The zero-order valence-electron chi connectivity index (χ0n) is 7.35. The lowest BCUT2D eigenvalue weighted by Crippen LogP contribution is -2.45. The van der Waals surface area contributed by atoms with E-state index in [1.807, 2.05) is 0 Å². The molecule has 1 aliphatic carbocycles. The van der Waals surface area contributed by atoms with Crippen molar-refractivity contribution >= 4 is 5.91 Å². The Balaban J connectivity index is 2.55. The van der Waals surface area contributed by atoms with E-state index in [-0.39, 0.29) is 17.4 Å². The summed E-state index contributed by atoms with van der Waals surface area (Å²) in [6.45, 7) is 4.19. The molecule has 3 atom stereocenters. The summed E-state index contributed by atoms with van der Waals surface area (Å²) in [6, 6.07) is -0.331. The smallest absolute Gasteiger partial charge is 0.237 e. The largest absolute Gasteiger partial charge is 0.358 e. The Labute approximate surface area is 67.3 Å². The quantitative estimate of drug-likeness (QED) is 0.596. The zero-order chi connectivity index (χ0) is 8.65. The molecular weight excluding hydrogens is 140 g/mol. The minimum Gasteiger partial charge on any atom is -0.358 e. The van der Waals surface area contributed by atoms with Gasteiger partial charge in [-0.15, -0.1) is 0 Å². The third kappa shape index (κ3) is 1.25. The Morgan fingerprint density at radius 1 is 1.82 bits per heavy atom. The van der Waals surface area contributed by atoms with Gasteiger partial charge in [0.25, 0.3) is 0 Å². The van der Waals surface area contributed by atoms with E-state index in [0.29, 0.717) is 5.92 Å². The van der Waals surface area contributed by atoms with E-state index < -0.39 is 0 Å². The summed E-state index contributed by atoms with van der Waals surface area (Å²) in [6.07, 6.45) is 1.07. The highest BCUT2D eigenvalue weighted by Gasteiger charge is 2.53. The molecule has 0 bridgehead atoms. The first-order chi connectivity index (χ1) is 5.02. The minimum atomic E-state index is -0.331. The molecule has 64 valence electrons. The third-order valence-electron chi connectivity index (χ3n) is 2.95. The molecule has 1 unspecified atom stereocenters. The molecule has 3 heteroatoms. The molecule has 1 fully saturated rings. The number of hydrogen-bond donors (Lipinski definition) is 2. The van der Waals surface area contributed by atoms with Crippen LogP contribution < -0.4 is 11.1 Å². The highest BCUT2D eigenvalue weighted by atomic mass is 16.2. The van der Waals surface area contributed by atoms with Gasteiger partial charge in [-0.25, -0.2) is 0 Å². The lowest BCUT2D eigenvalue weighted by molar-refractivity contribution is -0.123. The Kier molecular flexibility index (Phi) is 1.92. The Bertz CT molecular complexity index is 181. The Morgan fingerprint density at radius 3 is 2.55 bits per heavy atom. The van der Waals surface area contributed by atoms with Crippen LogP contribution in [0.2, 0.25) is 0 Å². The number of rotatable bonds is 2. The molecule has 0 spiro atoms. The first-order valence-corrected chi connectivity index (χ1v) is 3.99. The summed E-state index contributed by atoms with van der Waals surface area (Å²) >= 11 is 0. The van der Waals surface area contributed by atoms with E-state index in [1.165, 1.54) is 0 Å². The van der Waals surface area contributed by atoms with Crippen LogP contribution in [0.3, 0.4) is 0 Å². The van der Waals surface area contributed by atoms with Gasteiger partial charge in [0, 0.05) is 7.05 Å². The summed E-state index contributed by atoms with van der Waals surface area (Å²) in [5.74, 6) is 0.548. The van der Waals surface area contributed by atoms with Crippen molar-refractivity contribution in [2.24, 2.45) is 17.1 Å². The van der Waals surface area contributed by atoms with Crippen molar-refractivity contribution < 1.29 is 4.79 Å². The number of amides is 1. The van der Waals surface area contributed by atoms with E-state index in [4.69, 9.17) is 5.73 Å². The number of hydrogen-bond acceptors (Lipinski definition) is 2. The molecule has 0 aliphatic heterocycles. The van der Waals surface area contributed by atoms with Gasteiger partial charge in [0.15, 0.2) is 0 Å². The van der Waals surface area contributed by atoms with Crippen molar-refractivity contribution in [2.75, 3.05) is 7.05 Å². The lowest BCUT2D eigenvalue weighted by atomic mass is 9.96. The predicted molar refractivity (Wildman–Crippen MR) is 43.9 cm³/mol. The highest BCUT2D eigenvalue weighted by Crippen LogP contribution is 2.53. The zero-order valence-corrected chi connectivity index (χ0v) is 7.35. The molecule has 0 radical (unpaired) electrons. The molecule has 0 aromatic carbocycles. The Hall–Kier alpha value is -0.570. The maximum absolute atomic E-state index is 11.1. The van der Waals surface area contributed by atoms with Gasteiger partial charge >= 0.3 is 0 Å². The topological polar surface area (TPSA) is 55.1 Å². The van der Waals surface area contributed by atoms with Crippen LogP contribution in [0.25, 0.3) is 0 Å². The predicted octanol–water partition coefficient (Wildman–Crippen LogP) is 0.106. The summed E-state index contributed by atoms with van der Waals surface area (Å²) in [5, 5.41) is 2.57. The molecular formula is C8H16N2O. The van der Waals surface area contributed by atoms with E-state index in [9.17, 15) is 4.79 Å². The van der Waals surface area contributed by atoms with Crippen molar-refractivity contribution in [1.82, 2.24) is 5.32 Å². The number of carbonyl (C=O) groups is 1. The van der Waals surface area contributed by atoms with Crippen LogP contribution in [0.1, 0.15) is 20.3 Å². The molecule has 1 saturated carbocycles. The molecule has 3 N–H and O–H groups in total. The molecule has 1 aliphatic rings. The normalized spacial score (nSPS) is 38.0. The summed E-state index contributed by atoms with van der Waals surface area (Å²) < 4.78 is 0. The second-order valence-electron chi connectivity index (χ2n) is 3.70. The molecule has 3 nitrogen and oxygen atoms in total. The van der Waals surface area contributed by atoms with Gasteiger partial charge in [0.05, 0.1) is 6.04 Å². The standard InChI is InChI=1S/C8H16N2O/c1-5-4-8(5,2)6(9)7(11)10-3/h5-6H,4,9H2,1-3H3,(H,10,11)/t5?,6-,8-/m1/s1. The van der Waals surface area contributed by atoms with E-state index in [2.05, 4.69) is 19.2 Å². The monoisotopic (exact) mass is 156 g/mol. The average Bonchev–Trinajstić information content (AvgIpc) is 2.58. The van der Waals surface area contributed by atoms with Gasteiger partial charge in [-0.05, 0) is 17.8 Å². The maximum Gasteiger partial charge on any atom is 0.237 e. The fourth-order valence-electron chi connectivity index (χ4n) is 1.49. The molecule has 1 amide bonds. The van der Waals surface area contributed by atoms with Crippen LogP contribution in [-0.2, 0) is 4.79 Å². The fraction of sp³-hybridized carbons (Fsp3) is 0.875. The van der Waals surface area contributed by atoms with Crippen molar-refractivity contribution in [3.63, 3.8) is 0 Å². The van der Waals surface area contributed by atoms with E-state index >= 15 is 0 Å². The van der Waals surface area contributed by atoms with Gasteiger partial charge in [0.2, 0.25) is 5.91 Å². The number of nitrogens with two attached hydrogens (primary N) is 1. The molecule has 0 aromatic heterocycles. The molecule has 0 aromatic rings. The van der Waals surface area contributed by atoms with Gasteiger partial charge in [-0.3, -0.25) is 4.79 Å². The maximum atomic E-state index is 11.1. The van der Waals surface area contributed by atoms with Crippen LogP contribution in [-0.4, -0.2) is 19.0 Å².